The third kappa shape index (κ3) is 9.72. The summed E-state index contributed by atoms with van der Waals surface area (Å²) in [6.45, 7) is 10.8. The molecule has 0 aliphatic heterocycles. The molecule has 1 N–H and O–H groups in total. The zero-order valence-corrected chi connectivity index (χ0v) is 26.6. The van der Waals surface area contributed by atoms with Crippen molar-refractivity contribution < 1.29 is 18.0 Å². The first kappa shape index (κ1) is 32.9. The van der Waals surface area contributed by atoms with Gasteiger partial charge in [0.15, 0.2) is 0 Å². The Morgan fingerprint density at radius 2 is 1.50 bits per heavy atom. The van der Waals surface area contributed by atoms with Gasteiger partial charge in [-0.25, -0.2) is 8.42 Å². The maximum atomic E-state index is 14.0. The first-order valence-electron chi connectivity index (χ1n) is 14.6. The number of sulfonamides is 1. The van der Waals surface area contributed by atoms with E-state index < -0.39 is 16.1 Å². The van der Waals surface area contributed by atoms with Crippen LogP contribution < -0.4 is 9.62 Å². The number of aryl methyl sites for hydroxylation is 3. The maximum absolute atomic E-state index is 14.0. The molecule has 0 saturated heterocycles. The molecule has 0 spiro atoms. The van der Waals surface area contributed by atoms with Gasteiger partial charge in [-0.15, -0.1) is 0 Å². The van der Waals surface area contributed by atoms with Gasteiger partial charge < -0.3 is 10.2 Å². The molecule has 0 fully saturated rings. The standard InChI is InChI=1S/C34H45N3O4S/c1-25(2)23-35-34(39)32(22-29-11-8-7-9-12-29)36(24-30-18-15-26(3)16-19-30)33(38)13-10-20-37(42(6,40)41)31-21-27(4)14-17-28(31)5/h7-9,11-12,14-19,21,25,32H,10,13,20,22-24H2,1-6H3,(H,35,39)/t32-/m1/s1. The number of rotatable bonds is 14. The third-order valence-corrected chi connectivity index (χ3v) is 8.39. The van der Waals surface area contributed by atoms with Gasteiger partial charge in [-0.05, 0) is 61.4 Å². The van der Waals surface area contributed by atoms with E-state index in [1.165, 1.54) is 10.6 Å². The Hall–Kier alpha value is -3.65. The Morgan fingerprint density at radius 3 is 2.12 bits per heavy atom. The summed E-state index contributed by atoms with van der Waals surface area (Å²) in [6, 6.07) is 22.7. The lowest BCUT2D eigenvalue weighted by molar-refractivity contribution is -0.141. The van der Waals surface area contributed by atoms with Gasteiger partial charge in [-0.1, -0.05) is 86.1 Å². The second-order valence-corrected chi connectivity index (χ2v) is 13.5. The molecule has 3 rings (SSSR count). The molecule has 0 bridgehead atoms. The average Bonchev–Trinajstić information content (AvgIpc) is 2.94. The van der Waals surface area contributed by atoms with Gasteiger partial charge in [0.05, 0.1) is 11.9 Å². The van der Waals surface area contributed by atoms with Crippen molar-refractivity contribution in [1.82, 2.24) is 10.2 Å². The molecule has 0 saturated carbocycles. The third-order valence-electron chi connectivity index (χ3n) is 7.21. The number of hydrogen-bond acceptors (Lipinski definition) is 4. The SMILES string of the molecule is Cc1ccc(CN(C(=O)CCCN(c2cc(C)ccc2C)S(C)(=O)=O)[C@H](Cc2ccccc2)C(=O)NCC(C)C)cc1. The van der Waals surface area contributed by atoms with Gasteiger partial charge in [-0.3, -0.25) is 13.9 Å². The molecule has 0 radical (unpaired) electrons. The van der Waals surface area contributed by atoms with Crippen molar-refractivity contribution in [2.45, 2.75) is 66.5 Å². The smallest absolute Gasteiger partial charge is 0.243 e. The number of benzene rings is 3. The highest BCUT2D eigenvalue weighted by Gasteiger charge is 2.30. The van der Waals surface area contributed by atoms with Crippen molar-refractivity contribution in [3.05, 3.63) is 101 Å². The van der Waals surface area contributed by atoms with E-state index in [4.69, 9.17) is 0 Å². The van der Waals surface area contributed by atoms with Crippen LogP contribution in [-0.4, -0.2) is 50.5 Å². The second-order valence-electron chi connectivity index (χ2n) is 11.6. The van der Waals surface area contributed by atoms with Crippen molar-refractivity contribution in [2.24, 2.45) is 5.92 Å². The molecule has 0 heterocycles. The number of nitrogens with zero attached hydrogens (tertiary/aromatic N) is 2. The lowest BCUT2D eigenvalue weighted by Gasteiger charge is -2.32. The largest absolute Gasteiger partial charge is 0.354 e. The molecule has 1 atom stereocenters. The van der Waals surface area contributed by atoms with Gasteiger partial charge in [-0.2, -0.15) is 0 Å². The molecular formula is C34H45N3O4S. The van der Waals surface area contributed by atoms with Crippen LogP contribution in [0.5, 0.6) is 0 Å². The molecule has 3 aromatic carbocycles. The van der Waals surface area contributed by atoms with Crippen molar-refractivity contribution in [3.8, 4) is 0 Å². The molecule has 2 amide bonds. The van der Waals surface area contributed by atoms with E-state index in [1.807, 2.05) is 107 Å². The van der Waals surface area contributed by atoms with Crippen LogP contribution in [0.1, 0.15) is 54.5 Å². The van der Waals surface area contributed by atoms with Crippen LogP contribution in [0, 0.1) is 26.7 Å². The molecule has 8 heteroatoms. The van der Waals surface area contributed by atoms with Gasteiger partial charge in [0.2, 0.25) is 21.8 Å². The molecule has 3 aromatic rings. The van der Waals surface area contributed by atoms with Gasteiger partial charge >= 0.3 is 0 Å². The summed E-state index contributed by atoms with van der Waals surface area (Å²) >= 11 is 0. The number of nitrogens with one attached hydrogen (secondary N) is 1. The van der Waals surface area contributed by atoms with Crippen molar-refractivity contribution >= 4 is 27.5 Å². The van der Waals surface area contributed by atoms with E-state index in [9.17, 15) is 18.0 Å². The summed E-state index contributed by atoms with van der Waals surface area (Å²) in [7, 11) is -3.57. The Balaban J connectivity index is 1.89. The van der Waals surface area contributed by atoms with Crippen LogP contribution in [0.15, 0.2) is 72.8 Å². The highest BCUT2D eigenvalue weighted by atomic mass is 32.2. The molecule has 42 heavy (non-hydrogen) atoms. The van der Waals surface area contributed by atoms with Gasteiger partial charge in [0.25, 0.3) is 0 Å². The van der Waals surface area contributed by atoms with Gasteiger partial charge in [0.1, 0.15) is 6.04 Å². The van der Waals surface area contributed by atoms with Crippen molar-refractivity contribution in [2.75, 3.05) is 23.7 Å². The number of carbonyl (C=O) groups excluding carboxylic acids is 2. The fourth-order valence-electron chi connectivity index (χ4n) is 4.84. The molecule has 0 unspecified atom stereocenters. The lowest BCUT2D eigenvalue weighted by atomic mass is 10.0. The first-order chi connectivity index (χ1) is 19.8. The van der Waals surface area contributed by atoms with E-state index >= 15 is 0 Å². The summed E-state index contributed by atoms with van der Waals surface area (Å²) in [6.07, 6.45) is 1.98. The van der Waals surface area contributed by atoms with Crippen molar-refractivity contribution in [1.29, 1.82) is 0 Å². The molecule has 7 nitrogen and oxygen atoms in total. The Bertz CT molecular complexity index is 1440. The van der Waals surface area contributed by atoms with E-state index in [0.717, 1.165) is 27.8 Å². The molecular weight excluding hydrogens is 546 g/mol. The van der Waals surface area contributed by atoms with Crippen LogP contribution in [0.2, 0.25) is 0 Å². The summed E-state index contributed by atoms with van der Waals surface area (Å²) < 4.78 is 26.9. The first-order valence-corrected chi connectivity index (χ1v) is 16.4. The van der Waals surface area contributed by atoms with Crippen LogP contribution in [0.25, 0.3) is 0 Å². The maximum Gasteiger partial charge on any atom is 0.243 e. The van der Waals surface area contributed by atoms with E-state index in [-0.39, 0.29) is 37.2 Å². The Morgan fingerprint density at radius 1 is 0.857 bits per heavy atom. The fourth-order valence-corrected chi connectivity index (χ4v) is 5.85. The normalized spacial score (nSPS) is 12.2. The van der Waals surface area contributed by atoms with E-state index in [2.05, 4.69) is 5.32 Å². The van der Waals surface area contributed by atoms with Crippen LogP contribution in [0.3, 0.4) is 0 Å². The molecule has 0 aromatic heterocycles. The summed E-state index contributed by atoms with van der Waals surface area (Å²) in [4.78, 5) is 29.2. The molecule has 226 valence electrons. The van der Waals surface area contributed by atoms with E-state index in [0.29, 0.717) is 25.1 Å². The minimum atomic E-state index is -3.57. The summed E-state index contributed by atoms with van der Waals surface area (Å²) in [5, 5.41) is 3.04. The fraction of sp³-hybridized carbons (Fsp3) is 0.412. The number of hydrogen-bond donors (Lipinski definition) is 1. The summed E-state index contributed by atoms with van der Waals surface area (Å²) in [5.41, 5.74) is 5.43. The summed E-state index contributed by atoms with van der Waals surface area (Å²) in [5.74, 6) is -0.119. The molecule has 0 aliphatic rings. The number of anilines is 1. The monoisotopic (exact) mass is 591 g/mol. The lowest BCUT2D eigenvalue weighted by Crippen LogP contribution is -2.51. The number of amides is 2. The zero-order valence-electron chi connectivity index (χ0n) is 25.8. The Labute approximate surface area is 252 Å². The second kappa shape index (κ2) is 15.0. The highest BCUT2D eigenvalue weighted by molar-refractivity contribution is 7.92. The highest BCUT2D eigenvalue weighted by Crippen LogP contribution is 2.25. The topological polar surface area (TPSA) is 86.8 Å². The quantitative estimate of drug-likeness (QED) is 0.266. The van der Waals surface area contributed by atoms with Crippen LogP contribution >= 0.6 is 0 Å². The number of carbonyl (C=O) groups is 2. The predicted molar refractivity (Wildman–Crippen MR) is 171 cm³/mol. The van der Waals surface area contributed by atoms with Crippen LogP contribution in [-0.2, 0) is 32.6 Å². The predicted octanol–water partition coefficient (Wildman–Crippen LogP) is 5.57. The van der Waals surface area contributed by atoms with Crippen LogP contribution in [0.4, 0.5) is 5.69 Å². The minimum Gasteiger partial charge on any atom is -0.354 e. The minimum absolute atomic E-state index is 0.103. The average molecular weight is 592 g/mol. The van der Waals surface area contributed by atoms with E-state index in [1.54, 1.807) is 4.90 Å². The van der Waals surface area contributed by atoms with Gasteiger partial charge in [0, 0.05) is 32.5 Å². The van der Waals surface area contributed by atoms with Crippen molar-refractivity contribution in [3.63, 3.8) is 0 Å². The zero-order chi connectivity index (χ0) is 30.9. The molecule has 0 aliphatic carbocycles. The Kier molecular flexibility index (Phi) is 11.7.